The van der Waals surface area contributed by atoms with Gasteiger partial charge in [0.2, 0.25) is 0 Å². The summed E-state index contributed by atoms with van der Waals surface area (Å²) in [6, 6.07) is 4.24. The van der Waals surface area contributed by atoms with Gasteiger partial charge in [-0.3, -0.25) is 4.98 Å². The molecular weight excluding hydrogens is 291 g/mol. The Labute approximate surface area is 137 Å². The molecule has 2 aromatic rings. The molecule has 0 amide bonds. The van der Waals surface area contributed by atoms with Crippen LogP contribution >= 0.6 is 0 Å². The molecule has 7 heteroatoms. The standard InChI is InChI=1S/C16H21BN4O2/c1-11(2)15-19-16(23-20-15)21-7-5-12(6-8-21)10-22-13-3-4-14(17)18-9-13/h3-4,9,11-12H,5-8,10H2,1-2H3. The molecule has 2 radical (unpaired) electrons. The monoisotopic (exact) mass is 312 g/mol. The molecule has 3 rings (SSSR count). The molecule has 0 bridgehead atoms. The van der Waals surface area contributed by atoms with Crippen LogP contribution < -0.4 is 15.2 Å². The Balaban J connectivity index is 1.47. The smallest absolute Gasteiger partial charge is 0.324 e. The van der Waals surface area contributed by atoms with Crippen molar-refractivity contribution in [2.45, 2.75) is 32.6 Å². The molecule has 0 saturated carbocycles. The van der Waals surface area contributed by atoms with Crippen molar-refractivity contribution >= 4 is 19.5 Å². The molecule has 3 heterocycles. The van der Waals surface area contributed by atoms with E-state index in [0.717, 1.165) is 37.5 Å². The van der Waals surface area contributed by atoms with Crippen LogP contribution in [0.1, 0.15) is 38.4 Å². The van der Waals surface area contributed by atoms with Crippen LogP contribution in [0.25, 0.3) is 0 Å². The van der Waals surface area contributed by atoms with Gasteiger partial charge in [-0.1, -0.05) is 19.0 Å². The molecule has 1 fully saturated rings. The van der Waals surface area contributed by atoms with Gasteiger partial charge in [0.05, 0.1) is 12.8 Å². The first-order valence-corrected chi connectivity index (χ1v) is 8.04. The van der Waals surface area contributed by atoms with Crippen LogP contribution in [-0.4, -0.2) is 42.7 Å². The maximum Gasteiger partial charge on any atom is 0.324 e. The van der Waals surface area contributed by atoms with E-state index >= 15 is 0 Å². The lowest BCUT2D eigenvalue weighted by molar-refractivity contribution is 0.219. The number of rotatable bonds is 5. The zero-order valence-corrected chi connectivity index (χ0v) is 13.6. The fourth-order valence-corrected chi connectivity index (χ4v) is 2.57. The van der Waals surface area contributed by atoms with Gasteiger partial charge >= 0.3 is 6.01 Å². The van der Waals surface area contributed by atoms with Crippen molar-refractivity contribution in [3.63, 3.8) is 0 Å². The van der Waals surface area contributed by atoms with Gasteiger partial charge in [0, 0.05) is 19.0 Å². The number of aromatic nitrogens is 3. The molecule has 0 aliphatic carbocycles. The summed E-state index contributed by atoms with van der Waals surface area (Å²) >= 11 is 0. The zero-order valence-electron chi connectivity index (χ0n) is 13.6. The number of hydrogen-bond acceptors (Lipinski definition) is 6. The molecule has 0 unspecified atom stereocenters. The van der Waals surface area contributed by atoms with Crippen molar-refractivity contribution < 1.29 is 9.26 Å². The minimum absolute atomic E-state index is 0.284. The highest BCUT2D eigenvalue weighted by molar-refractivity contribution is 6.30. The molecule has 23 heavy (non-hydrogen) atoms. The largest absolute Gasteiger partial charge is 0.492 e. The Morgan fingerprint density at radius 3 is 2.74 bits per heavy atom. The maximum atomic E-state index is 5.79. The second-order valence-electron chi connectivity index (χ2n) is 6.25. The van der Waals surface area contributed by atoms with E-state index in [9.17, 15) is 0 Å². The van der Waals surface area contributed by atoms with E-state index in [-0.39, 0.29) is 5.92 Å². The SMILES string of the molecule is [B]c1ccc(OCC2CCN(c3nc(C(C)C)no3)CC2)cn1. The number of anilines is 1. The van der Waals surface area contributed by atoms with Crippen LogP contribution in [0, 0.1) is 5.92 Å². The molecule has 120 valence electrons. The van der Waals surface area contributed by atoms with Gasteiger partial charge in [-0.05, 0) is 36.5 Å². The number of piperidine rings is 1. The van der Waals surface area contributed by atoms with Gasteiger partial charge in [0.25, 0.3) is 0 Å². The lowest BCUT2D eigenvalue weighted by Crippen LogP contribution is -2.35. The molecular formula is C16H21BN4O2. The van der Waals surface area contributed by atoms with Crippen LogP contribution in [0.3, 0.4) is 0 Å². The predicted molar refractivity (Wildman–Crippen MR) is 88.4 cm³/mol. The number of ether oxygens (including phenoxy) is 1. The first-order chi connectivity index (χ1) is 11.1. The van der Waals surface area contributed by atoms with E-state index in [1.807, 2.05) is 6.07 Å². The zero-order chi connectivity index (χ0) is 16.2. The third-order valence-corrected chi connectivity index (χ3v) is 4.08. The molecule has 0 aromatic carbocycles. The van der Waals surface area contributed by atoms with Crippen LogP contribution in [0.4, 0.5) is 6.01 Å². The lowest BCUT2D eigenvalue weighted by atomic mass is 9.98. The summed E-state index contributed by atoms with van der Waals surface area (Å²) in [6.07, 6.45) is 3.75. The highest BCUT2D eigenvalue weighted by Gasteiger charge is 2.24. The molecule has 1 saturated heterocycles. The number of pyridine rings is 1. The summed E-state index contributed by atoms with van der Waals surface area (Å²) in [7, 11) is 5.56. The Bertz CT molecular complexity index is 621. The van der Waals surface area contributed by atoms with Crippen molar-refractivity contribution in [2.24, 2.45) is 5.92 Å². The molecule has 0 atom stereocenters. The third-order valence-electron chi connectivity index (χ3n) is 4.08. The van der Waals surface area contributed by atoms with Crippen LogP contribution in [-0.2, 0) is 0 Å². The molecule has 2 aromatic heterocycles. The van der Waals surface area contributed by atoms with Crippen molar-refractivity contribution in [3.8, 4) is 5.75 Å². The van der Waals surface area contributed by atoms with Crippen LogP contribution in [0.2, 0.25) is 0 Å². The Morgan fingerprint density at radius 1 is 1.35 bits per heavy atom. The summed E-state index contributed by atoms with van der Waals surface area (Å²) in [5, 5.41) is 4.02. The highest BCUT2D eigenvalue weighted by Crippen LogP contribution is 2.24. The molecule has 1 aliphatic rings. The summed E-state index contributed by atoms with van der Waals surface area (Å²) in [6.45, 7) is 6.64. The van der Waals surface area contributed by atoms with Crippen molar-refractivity contribution in [1.29, 1.82) is 0 Å². The summed E-state index contributed by atoms with van der Waals surface area (Å²) in [5.74, 6) is 2.34. The average molecular weight is 312 g/mol. The Hall–Kier alpha value is -2.05. The van der Waals surface area contributed by atoms with E-state index in [4.69, 9.17) is 17.1 Å². The minimum Gasteiger partial charge on any atom is -0.492 e. The van der Waals surface area contributed by atoms with Crippen LogP contribution in [0.5, 0.6) is 5.75 Å². The third kappa shape index (κ3) is 4.03. The van der Waals surface area contributed by atoms with E-state index in [1.165, 1.54) is 0 Å². The van der Waals surface area contributed by atoms with Gasteiger partial charge in [-0.2, -0.15) is 4.98 Å². The normalized spacial score (nSPS) is 16.0. The van der Waals surface area contributed by atoms with Gasteiger partial charge in [0.1, 0.15) is 13.6 Å². The average Bonchev–Trinajstić information content (AvgIpc) is 3.05. The first-order valence-electron chi connectivity index (χ1n) is 8.04. The molecule has 6 nitrogen and oxygen atoms in total. The predicted octanol–water partition coefficient (Wildman–Crippen LogP) is 1.68. The summed E-state index contributed by atoms with van der Waals surface area (Å²) < 4.78 is 11.1. The molecule has 0 spiro atoms. The van der Waals surface area contributed by atoms with Crippen molar-refractivity contribution in [2.75, 3.05) is 24.6 Å². The second kappa shape index (κ2) is 7.02. The summed E-state index contributed by atoms with van der Waals surface area (Å²) in [4.78, 5) is 10.6. The van der Waals surface area contributed by atoms with Gasteiger partial charge in [-0.15, -0.1) is 0 Å². The quantitative estimate of drug-likeness (QED) is 0.783. The van der Waals surface area contributed by atoms with E-state index in [0.29, 0.717) is 24.1 Å². The lowest BCUT2D eigenvalue weighted by Gasteiger charge is -2.30. The van der Waals surface area contributed by atoms with E-state index in [2.05, 4.69) is 33.9 Å². The molecule has 0 N–H and O–H groups in total. The summed E-state index contributed by atoms with van der Waals surface area (Å²) in [5.41, 5.74) is 0.506. The highest BCUT2D eigenvalue weighted by atomic mass is 16.5. The minimum atomic E-state index is 0.284. The van der Waals surface area contributed by atoms with Crippen LogP contribution in [0.15, 0.2) is 22.9 Å². The maximum absolute atomic E-state index is 5.79. The van der Waals surface area contributed by atoms with Gasteiger partial charge in [0.15, 0.2) is 5.82 Å². The van der Waals surface area contributed by atoms with E-state index in [1.54, 1.807) is 12.3 Å². The topological polar surface area (TPSA) is 64.3 Å². The fourth-order valence-electron chi connectivity index (χ4n) is 2.57. The van der Waals surface area contributed by atoms with Crippen molar-refractivity contribution in [1.82, 2.24) is 15.1 Å². The number of hydrogen-bond donors (Lipinski definition) is 0. The fraction of sp³-hybridized carbons (Fsp3) is 0.562. The van der Waals surface area contributed by atoms with Gasteiger partial charge < -0.3 is 14.2 Å². The van der Waals surface area contributed by atoms with Crippen molar-refractivity contribution in [3.05, 3.63) is 24.2 Å². The molecule has 1 aliphatic heterocycles. The van der Waals surface area contributed by atoms with Gasteiger partial charge in [-0.25, -0.2) is 0 Å². The van der Waals surface area contributed by atoms with E-state index < -0.39 is 0 Å². The number of nitrogens with zero attached hydrogens (tertiary/aromatic N) is 4. The second-order valence-corrected chi connectivity index (χ2v) is 6.25. The first kappa shape index (κ1) is 15.8. The Morgan fingerprint density at radius 2 is 2.13 bits per heavy atom. The Kier molecular flexibility index (Phi) is 4.83.